The van der Waals surface area contributed by atoms with Crippen LogP contribution >= 0.6 is 0 Å². The summed E-state index contributed by atoms with van der Waals surface area (Å²) in [6, 6.07) is 0.316. The lowest BCUT2D eigenvalue weighted by Crippen LogP contribution is -2.55. The van der Waals surface area contributed by atoms with Crippen LogP contribution in [0.5, 0.6) is 0 Å². The van der Waals surface area contributed by atoms with Gasteiger partial charge in [0, 0.05) is 18.9 Å². The number of carboxylic acid groups (broad SMARTS) is 1. The van der Waals surface area contributed by atoms with Crippen LogP contribution in [0.2, 0.25) is 0 Å². The van der Waals surface area contributed by atoms with Crippen LogP contribution in [-0.4, -0.2) is 41.3 Å². The van der Waals surface area contributed by atoms with Gasteiger partial charge in [-0.05, 0) is 57.9 Å². The van der Waals surface area contributed by atoms with E-state index in [2.05, 4.69) is 31.3 Å². The number of aldehydes is 1. The van der Waals surface area contributed by atoms with Gasteiger partial charge in [0.15, 0.2) is 11.3 Å². The summed E-state index contributed by atoms with van der Waals surface area (Å²) >= 11 is 0. The Morgan fingerprint density at radius 3 is 2.16 bits per heavy atom. The fourth-order valence-electron chi connectivity index (χ4n) is 3.78. The second-order valence-corrected chi connectivity index (χ2v) is 8.51. The lowest BCUT2D eigenvalue weighted by Gasteiger charge is -2.23. The summed E-state index contributed by atoms with van der Waals surface area (Å²) in [5, 5.41) is 12.8. The molecule has 180 valence electrons. The zero-order chi connectivity index (χ0) is 23.4. The number of hydrogen-bond acceptors (Lipinski definition) is 5. The van der Waals surface area contributed by atoms with Crippen molar-refractivity contribution in [1.82, 2.24) is 5.32 Å². The third kappa shape index (κ3) is 14.2. The molecule has 0 amide bonds. The Balaban J connectivity index is 4.13. The fraction of sp³-hybridized carbons (Fsp3) is 0.800. The van der Waals surface area contributed by atoms with Crippen LogP contribution in [0, 0.1) is 0 Å². The Morgan fingerprint density at radius 1 is 0.935 bits per heavy atom. The SMILES string of the molecule is CCCCCCCC/C=C\CCCC(CCCC(=O)C(N)(CCC=O)C(=O)O)NCC. The summed E-state index contributed by atoms with van der Waals surface area (Å²) < 4.78 is 0. The first kappa shape index (κ1) is 29.5. The molecule has 31 heavy (non-hydrogen) atoms. The number of nitrogens with one attached hydrogen (secondary N) is 1. The van der Waals surface area contributed by atoms with Gasteiger partial charge in [-0.2, -0.15) is 0 Å². The average molecular weight is 439 g/mol. The van der Waals surface area contributed by atoms with Crippen LogP contribution in [0.3, 0.4) is 0 Å². The molecule has 0 saturated heterocycles. The molecule has 0 fully saturated rings. The van der Waals surface area contributed by atoms with Gasteiger partial charge >= 0.3 is 5.97 Å². The maximum absolute atomic E-state index is 12.4. The number of carbonyl (C=O) groups excluding carboxylic acids is 2. The number of carboxylic acids is 1. The maximum atomic E-state index is 12.4. The molecule has 4 N–H and O–H groups in total. The molecule has 0 aliphatic rings. The molecule has 2 atom stereocenters. The second kappa shape index (κ2) is 19.2. The Kier molecular flexibility index (Phi) is 18.2. The molecule has 0 radical (unpaired) electrons. The van der Waals surface area contributed by atoms with Crippen LogP contribution in [0.1, 0.15) is 110 Å². The normalized spacial score (nSPS) is 14.4. The van der Waals surface area contributed by atoms with Crippen molar-refractivity contribution in [3.8, 4) is 0 Å². The summed E-state index contributed by atoms with van der Waals surface area (Å²) in [7, 11) is 0. The highest BCUT2D eigenvalue weighted by molar-refractivity contribution is 6.07. The quantitative estimate of drug-likeness (QED) is 0.0955. The van der Waals surface area contributed by atoms with Crippen LogP contribution in [0.25, 0.3) is 0 Å². The van der Waals surface area contributed by atoms with E-state index in [0.29, 0.717) is 18.7 Å². The molecule has 0 spiro atoms. The smallest absolute Gasteiger partial charge is 0.331 e. The number of unbranched alkanes of at least 4 members (excludes halogenated alkanes) is 7. The number of aliphatic carboxylic acids is 1. The lowest BCUT2D eigenvalue weighted by molar-refractivity contribution is -0.148. The molecule has 6 nitrogen and oxygen atoms in total. The third-order valence-electron chi connectivity index (χ3n) is 5.80. The van der Waals surface area contributed by atoms with E-state index < -0.39 is 17.3 Å². The highest BCUT2D eigenvalue weighted by Crippen LogP contribution is 2.17. The van der Waals surface area contributed by atoms with Crippen molar-refractivity contribution in [3.63, 3.8) is 0 Å². The fourth-order valence-corrected chi connectivity index (χ4v) is 3.78. The molecule has 0 bridgehead atoms. The summed E-state index contributed by atoms with van der Waals surface area (Å²) in [5.41, 5.74) is 3.84. The molecule has 0 heterocycles. The van der Waals surface area contributed by atoms with Crippen molar-refractivity contribution in [3.05, 3.63) is 12.2 Å². The molecule has 0 aromatic heterocycles. The number of carbonyl (C=O) groups is 3. The first-order chi connectivity index (χ1) is 14.9. The first-order valence-electron chi connectivity index (χ1n) is 12.3. The molecule has 0 rings (SSSR count). The van der Waals surface area contributed by atoms with Gasteiger partial charge in [0.25, 0.3) is 0 Å². The number of nitrogens with two attached hydrogens (primary N) is 1. The first-order valence-corrected chi connectivity index (χ1v) is 12.3. The van der Waals surface area contributed by atoms with Gasteiger partial charge in [0.2, 0.25) is 0 Å². The van der Waals surface area contributed by atoms with E-state index in [-0.39, 0.29) is 19.3 Å². The molecule has 6 heteroatoms. The lowest BCUT2D eigenvalue weighted by atomic mass is 9.87. The zero-order valence-electron chi connectivity index (χ0n) is 19.9. The Hall–Kier alpha value is -1.53. The molecule has 0 aromatic carbocycles. The minimum atomic E-state index is -1.95. The van der Waals surface area contributed by atoms with Gasteiger partial charge in [-0.15, -0.1) is 0 Å². The van der Waals surface area contributed by atoms with Crippen LogP contribution < -0.4 is 11.1 Å². The van der Waals surface area contributed by atoms with Gasteiger partial charge in [-0.3, -0.25) is 4.79 Å². The van der Waals surface area contributed by atoms with Gasteiger partial charge in [0.1, 0.15) is 6.29 Å². The molecule has 0 aliphatic heterocycles. The van der Waals surface area contributed by atoms with Crippen molar-refractivity contribution in [1.29, 1.82) is 0 Å². The molecular formula is C25H46N2O4. The van der Waals surface area contributed by atoms with Crippen molar-refractivity contribution in [2.75, 3.05) is 6.54 Å². The van der Waals surface area contributed by atoms with Crippen molar-refractivity contribution in [2.45, 2.75) is 122 Å². The molecule has 0 saturated carbocycles. The van der Waals surface area contributed by atoms with Crippen molar-refractivity contribution in [2.24, 2.45) is 5.73 Å². The molecule has 0 aromatic rings. The molecule has 2 unspecified atom stereocenters. The highest BCUT2D eigenvalue weighted by Gasteiger charge is 2.40. The van der Waals surface area contributed by atoms with Crippen molar-refractivity contribution < 1.29 is 19.5 Å². The molecule has 0 aliphatic carbocycles. The van der Waals surface area contributed by atoms with E-state index in [4.69, 9.17) is 5.73 Å². The standard InChI is InChI=1S/C25H46N2O4/c1-3-5-6-7-8-9-10-11-12-13-14-17-22(27-4-2)18-15-19-23(29)25(26,24(30)31)20-16-21-28/h11-12,21-22,27H,3-10,13-20,26H2,1-2H3,(H,30,31)/b12-11-. The monoisotopic (exact) mass is 438 g/mol. The number of Topliss-reactive ketones (excluding diaryl/α,β-unsaturated/α-hetero) is 1. The van der Waals surface area contributed by atoms with Crippen LogP contribution in [0.4, 0.5) is 0 Å². The van der Waals surface area contributed by atoms with E-state index in [0.717, 1.165) is 32.2 Å². The highest BCUT2D eigenvalue weighted by atomic mass is 16.4. The number of rotatable bonds is 22. The average Bonchev–Trinajstić information content (AvgIpc) is 2.75. The predicted octanol–water partition coefficient (Wildman–Crippen LogP) is 4.94. The summed E-state index contributed by atoms with van der Waals surface area (Å²) in [6.07, 6.45) is 18.8. The van der Waals surface area contributed by atoms with E-state index >= 15 is 0 Å². The van der Waals surface area contributed by atoms with Crippen molar-refractivity contribution >= 4 is 18.0 Å². The minimum Gasteiger partial charge on any atom is -0.480 e. The van der Waals surface area contributed by atoms with Gasteiger partial charge < -0.3 is 21.0 Å². The Bertz CT molecular complexity index is 522. The van der Waals surface area contributed by atoms with E-state index in [1.807, 2.05) is 0 Å². The summed E-state index contributed by atoms with van der Waals surface area (Å²) in [4.78, 5) is 34.3. The third-order valence-corrected chi connectivity index (χ3v) is 5.80. The number of ketones is 1. The van der Waals surface area contributed by atoms with Gasteiger partial charge in [-0.25, -0.2) is 4.79 Å². The zero-order valence-corrected chi connectivity index (χ0v) is 19.9. The summed E-state index contributed by atoms with van der Waals surface area (Å²) in [5.74, 6) is -1.84. The minimum absolute atomic E-state index is 0.0269. The Morgan fingerprint density at radius 2 is 1.55 bits per heavy atom. The van der Waals surface area contributed by atoms with Crippen LogP contribution in [-0.2, 0) is 14.4 Å². The van der Waals surface area contributed by atoms with Gasteiger partial charge in [-0.1, -0.05) is 58.1 Å². The second-order valence-electron chi connectivity index (χ2n) is 8.51. The maximum Gasteiger partial charge on any atom is 0.331 e. The van der Waals surface area contributed by atoms with Gasteiger partial charge in [0.05, 0.1) is 0 Å². The predicted molar refractivity (Wildman–Crippen MR) is 127 cm³/mol. The van der Waals surface area contributed by atoms with Crippen LogP contribution in [0.15, 0.2) is 12.2 Å². The largest absolute Gasteiger partial charge is 0.480 e. The van der Waals surface area contributed by atoms with E-state index in [1.54, 1.807) is 0 Å². The van der Waals surface area contributed by atoms with E-state index in [9.17, 15) is 19.5 Å². The topological polar surface area (TPSA) is 109 Å². The number of hydrogen-bond donors (Lipinski definition) is 3. The Labute approximate surface area is 189 Å². The number of allylic oxidation sites excluding steroid dienone is 2. The summed E-state index contributed by atoms with van der Waals surface area (Å²) in [6.45, 7) is 5.17. The molecular weight excluding hydrogens is 392 g/mol. The van der Waals surface area contributed by atoms with E-state index in [1.165, 1.54) is 44.9 Å².